The number of carbonyl (C=O) groups is 3. The number of nitrogens with two attached hydrogens (primary N) is 2. The third-order valence-corrected chi connectivity index (χ3v) is 7.69. The third kappa shape index (κ3) is 11.7. The van der Waals surface area contributed by atoms with E-state index in [1.165, 1.54) is 10.4 Å². The van der Waals surface area contributed by atoms with Gasteiger partial charge in [0.25, 0.3) is 0 Å². The van der Waals surface area contributed by atoms with Gasteiger partial charge in [0, 0.05) is 26.1 Å². The number of piperidine rings is 1. The Morgan fingerprint density at radius 3 is 2.12 bits per heavy atom. The summed E-state index contributed by atoms with van der Waals surface area (Å²) in [7, 11) is 0. The summed E-state index contributed by atoms with van der Waals surface area (Å²) in [4.78, 5) is 41.9. The maximum Gasteiger partial charge on any atom is 0.306 e. The van der Waals surface area contributed by atoms with Crippen LogP contribution in [-0.4, -0.2) is 81.6 Å². The number of hydrogen-bond donors (Lipinski definition) is 4. The second-order valence-corrected chi connectivity index (χ2v) is 12.4. The van der Waals surface area contributed by atoms with Crippen molar-refractivity contribution in [3.8, 4) is 10.4 Å². The molecule has 0 radical (unpaired) electrons. The van der Waals surface area contributed by atoms with Gasteiger partial charge in [0.2, 0.25) is 11.8 Å². The van der Waals surface area contributed by atoms with E-state index in [0.29, 0.717) is 45.4 Å². The number of aryl methyl sites for hydroxylation is 1. The van der Waals surface area contributed by atoms with Crippen LogP contribution in [0.15, 0.2) is 29.8 Å². The first kappa shape index (κ1) is 33.3. The summed E-state index contributed by atoms with van der Waals surface area (Å²) in [5.74, 6) is -1.17. The maximum absolute atomic E-state index is 11.6. The summed E-state index contributed by atoms with van der Waals surface area (Å²) >= 11 is 1.67. The maximum atomic E-state index is 11.6. The van der Waals surface area contributed by atoms with Crippen LogP contribution >= 0.6 is 11.3 Å². The summed E-state index contributed by atoms with van der Waals surface area (Å²) in [6.45, 7) is 11.6. The molecule has 40 heavy (non-hydrogen) atoms. The average Bonchev–Trinajstić information content (AvgIpc) is 3.52. The van der Waals surface area contributed by atoms with Crippen LogP contribution in [0.3, 0.4) is 0 Å². The predicted molar refractivity (Wildman–Crippen MR) is 157 cm³/mol. The standard InChI is InChI=1S/C11H12N2S.C10H19NO2.C8H14N2O3/c1-8-11(14-7-13-8)10-4-2-9(6-12)3-5-10;1-10(2,3)6-9(13)11-5-4-8(12)7-11;9-7(11)5-10-3-1-6(2-4-10)8(12)13/h2-5,7H,6,12H2,1H3;8,12H,4-7H2,1-3H3;6H,1-5H2,(H2,9,11)(H,12,13). The molecule has 0 bridgehead atoms. The Morgan fingerprint density at radius 1 is 1.07 bits per heavy atom. The number of aromatic nitrogens is 1. The quantitative estimate of drug-likeness (QED) is 0.409. The normalized spacial score (nSPS) is 17.9. The number of amides is 2. The van der Waals surface area contributed by atoms with E-state index in [1.807, 2.05) is 17.3 Å². The van der Waals surface area contributed by atoms with Crippen molar-refractivity contribution in [2.24, 2.45) is 22.8 Å². The van der Waals surface area contributed by atoms with Gasteiger partial charge in [-0.25, -0.2) is 4.98 Å². The average molecular weight is 576 g/mol. The fourth-order valence-corrected chi connectivity index (χ4v) is 5.28. The van der Waals surface area contributed by atoms with Crippen molar-refractivity contribution in [1.82, 2.24) is 14.8 Å². The van der Waals surface area contributed by atoms with Gasteiger partial charge in [0.05, 0.1) is 34.6 Å². The molecule has 2 aliphatic rings. The van der Waals surface area contributed by atoms with E-state index in [2.05, 4.69) is 50.0 Å². The first-order valence-corrected chi connectivity index (χ1v) is 14.6. The van der Waals surface area contributed by atoms with Gasteiger partial charge in [-0.3, -0.25) is 19.3 Å². The number of aliphatic hydroxyl groups excluding tert-OH is 1. The Balaban J connectivity index is 0.000000210. The number of aliphatic carboxylic acids is 1. The molecule has 4 rings (SSSR count). The highest BCUT2D eigenvalue weighted by Crippen LogP contribution is 2.27. The highest BCUT2D eigenvalue weighted by atomic mass is 32.1. The summed E-state index contributed by atoms with van der Waals surface area (Å²) in [6, 6.07) is 8.33. The lowest BCUT2D eigenvalue weighted by Gasteiger charge is -2.28. The topological polar surface area (TPSA) is 163 Å². The molecule has 1 aromatic carbocycles. The highest BCUT2D eigenvalue weighted by Gasteiger charge is 2.27. The number of aliphatic hydroxyl groups is 1. The van der Waals surface area contributed by atoms with Crippen molar-refractivity contribution in [2.75, 3.05) is 32.7 Å². The van der Waals surface area contributed by atoms with Gasteiger partial charge in [-0.15, -0.1) is 11.3 Å². The van der Waals surface area contributed by atoms with Gasteiger partial charge in [-0.05, 0) is 55.8 Å². The number of rotatable bonds is 6. The van der Waals surface area contributed by atoms with Crippen LogP contribution in [0.4, 0.5) is 0 Å². The van der Waals surface area contributed by atoms with Crippen molar-refractivity contribution in [2.45, 2.75) is 66.0 Å². The molecule has 3 heterocycles. The number of benzene rings is 1. The number of thiazole rings is 1. The molecule has 1 unspecified atom stereocenters. The molecule has 6 N–H and O–H groups in total. The third-order valence-electron chi connectivity index (χ3n) is 6.71. The molecule has 1 aromatic heterocycles. The first-order valence-electron chi connectivity index (χ1n) is 13.7. The molecule has 0 spiro atoms. The molecule has 2 aromatic rings. The smallest absolute Gasteiger partial charge is 0.306 e. The summed E-state index contributed by atoms with van der Waals surface area (Å²) in [5, 5.41) is 17.9. The van der Waals surface area contributed by atoms with E-state index in [1.54, 1.807) is 16.2 Å². The largest absolute Gasteiger partial charge is 0.481 e. The van der Waals surface area contributed by atoms with Crippen molar-refractivity contribution < 1.29 is 24.6 Å². The number of carboxylic acid groups (broad SMARTS) is 1. The van der Waals surface area contributed by atoms with Crippen molar-refractivity contribution in [1.29, 1.82) is 0 Å². The van der Waals surface area contributed by atoms with E-state index in [4.69, 9.17) is 16.6 Å². The zero-order valence-corrected chi connectivity index (χ0v) is 25.0. The zero-order valence-electron chi connectivity index (χ0n) is 24.1. The fraction of sp³-hybridized carbons (Fsp3) is 0.586. The molecule has 2 saturated heterocycles. The number of carboxylic acids is 1. The molecular formula is C29H45N5O5S. The number of primary amides is 1. The fourth-order valence-electron chi connectivity index (χ4n) is 4.46. The second kappa shape index (κ2) is 15.8. The van der Waals surface area contributed by atoms with Crippen LogP contribution in [0, 0.1) is 18.3 Å². The molecule has 0 saturated carbocycles. The number of likely N-dealkylation sites (tertiary alicyclic amines) is 2. The van der Waals surface area contributed by atoms with Gasteiger partial charge >= 0.3 is 5.97 Å². The van der Waals surface area contributed by atoms with Crippen molar-refractivity contribution >= 4 is 29.1 Å². The molecule has 2 fully saturated rings. The Bertz CT molecular complexity index is 1090. The van der Waals surface area contributed by atoms with E-state index in [0.717, 1.165) is 24.2 Å². The van der Waals surface area contributed by atoms with Crippen molar-refractivity contribution in [3.05, 3.63) is 41.0 Å². The molecule has 0 aliphatic carbocycles. The minimum atomic E-state index is -0.737. The lowest BCUT2D eigenvalue weighted by atomic mass is 9.92. The Kier molecular flexibility index (Phi) is 13.2. The molecule has 222 valence electrons. The molecule has 1 atom stereocenters. The summed E-state index contributed by atoms with van der Waals surface area (Å²) in [5.41, 5.74) is 16.0. The van der Waals surface area contributed by atoms with Gasteiger partial charge in [-0.1, -0.05) is 45.0 Å². The highest BCUT2D eigenvalue weighted by molar-refractivity contribution is 7.13. The molecule has 2 aliphatic heterocycles. The number of carbonyl (C=O) groups excluding carboxylic acids is 2. The van der Waals surface area contributed by atoms with Crippen molar-refractivity contribution in [3.63, 3.8) is 0 Å². The Hall–Kier alpha value is -2.86. The molecule has 2 amide bonds. The van der Waals surface area contributed by atoms with Crippen LogP contribution in [-0.2, 0) is 20.9 Å². The van der Waals surface area contributed by atoms with E-state index in [-0.39, 0.29) is 35.8 Å². The minimum absolute atomic E-state index is 0.0463. The lowest BCUT2D eigenvalue weighted by molar-refractivity contribution is -0.143. The van der Waals surface area contributed by atoms with Gasteiger partial charge in [-0.2, -0.15) is 0 Å². The molecule has 10 nitrogen and oxygen atoms in total. The Morgan fingerprint density at radius 2 is 1.70 bits per heavy atom. The minimum Gasteiger partial charge on any atom is -0.481 e. The number of hydrogen-bond acceptors (Lipinski definition) is 8. The van der Waals surface area contributed by atoms with Crippen LogP contribution in [0.5, 0.6) is 0 Å². The predicted octanol–water partition coefficient (Wildman–Crippen LogP) is 2.86. The van der Waals surface area contributed by atoms with Crippen LogP contribution in [0.25, 0.3) is 10.4 Å². The lowest BCUT2D eigenvalue weighted by Crippen LogP contribution is -2.41. The monoisotopic (exact) mass is 575 g/mol. The molecule has 11 heteroatoms. The van der Waals surface area contributed by atoms with Gasteiger partial charge in [0.1, 0.15) is 0 Å². The number of nitrogens with zero attached hydrogens (tertiary/aromatic N) is 3. The first-order chi connectivity index (χ1) is 18.8. The van der Waals surface area contributed by atoms with E-state index >= 15 is 0 Å². The summed E-state index contributed by atoms with van der Waals surface area (Å²) in [6.07, 6.45) is 2.23. The van der Waals surface area contributed by atoms with E-state index < -0.39 is 5.97 Å². The van der Waals surface area contributed by atoms with Crippen LogP contribution in [0.1, 0.15) is 57.7 Å². The molecular weight excluding hydrogens is 530 g/mol. The van der Waals surface area contributed by atoms with Gasteiger partial charge < -0.3 is 26.6 Å². The van der Waals surface area contributed by atoms with Gasteiger partial charge in [0.15, 0.2) is 0 Å². The van der Waals surface area contributed by atoms with E-state index in [9.17, 15) is 19.5 Å². The van der Waals surface area contributed by atoms with Crippen LogP contribution < -0.4 is 11.5 Å². The SMILES string of the molecule is CC(C)(C)CC(=O)N1CCC(O)C1.Cc1ncsc1-c1ccc(CN)cc1.NC(=O)CN1CCC(C(=O)O)CC1. The zero-order chi connectivity index (χ0) is 29.9. The number of β-amino-alcohol motifs (C(OH)–C–C–N with tert-alkyl or cyclic N) is 1. The van der Waals surface area contributed by atoms with Crippen LogP contribution in [0.2, 0.25) is 0 Å². The summed E-state index contributed by atoms with van der Waals surface area (Å²) < 4.78 is 0. The Labute approximate surface area is 241 Å². The second-order valence-electron chi connectivity index (χ2n) is 11.5.